The number of piperazine rings is 1. The molecule has 4 rings (SSSR count). The number of hydrogen-bond donors (Lipinski definition) is 1. The third kappa shape index (κ3) is 4.51. The fourth-order valence-corrected chi connectivity index (χ4v) is 3.34. The van der Waals surface area contributed by atoms with Crippen molar-refractivity contribution in [2.45, 2.75) is 6.92 Å². The molecular formula is C22H22FN5O. The molecule has 6 nitrogen and oxygen atoms in total. The van der Waals surface area contributed by atoms with Gasteiger partial charge in [0, 0.05) is 43.2 Å². The lowest BCUT2D eigenvalue weighted by molar-refractivity contribution is 0.102. The van der Waals surface area contributed by atoms with E-state index in [1.165, 1.54) is 30.0 Å². The Balaban J connectivity index is 1.46. The van der Waals surface area contributed by atoms with Gasteiger partial charge in [-0.25, -0.2) is 14.4 Å². The summed E-state index contributed by atoms with van der Waals surface area (Å²) in [6.07, 6.45) is 0. The SMILES string of the molecule is Cc1cc(C(=O)Nc2ccc(F)cc2)nc(N2CCN(c3ccccc3)CC2)n1. The number of aromatic nitrogens is 2. The van der Waals surface area contributed by atoms with Crippen LogP contribution in [-0.2, 0) is 0 Å². The molecule has 0 atom stereocenters. The molecule has 1 aliphatic rings. The van der Waals surface area contributed by atoms with Gasteiger partial charge in [0.1, 0.15) is 11.5 Å². The first-order valence-electron chi connectivity index (χ1n) is 9.56. The molecule has 1 aliphatic heterocycles. The first-order valence-corrected chi connectivity index (χ1v) is 9.56. The third-order valence-electron chi connectivity index (χ3n) is 4.86. The van der Waals surface area contributed by atoms with E-state index in [1.54, 1.807) is 6.07 Å². The second-order valence-electron chi connectivity index (χ2n) is 6.97. The third-order valence-corrected chi connectivity index (χ3v) is 4.86. The largest absolute Gasteiger partial charge is 0.368 e. The van der Waals surface area contributed by atoms with Crippen molar-refractivity contribution in [3.05, 3.63) is 77.9 Å². The monoisotopic (exact) mass is 391 g/mol. The molecule has 1 saturated heterocycles. The first kappa shape index (κ1) is 18.9. The Bertz CT molecular complexity index is 986. The van der Waals surface area contributed by atoms with Crippen LogP contribution < -0.4 is 15.1 Å². The van der Waals surface area contributed by atoms with Crippen LogP contribution in [0.15, 0.2) is 60.7 Å². The van der Waals surface area contributed by atoms with E-state index in [4.69, 9.17) is 0 Å². The highest BCUT2D eigenvalue weighted by Gasteiger charge is 2.21. The molecule has 0 saturated carbocycles. The second kappa shape index (κ2) is 8.26. The van der Waals surface area contributed by atoms with E-state index in [2.05, 4.69) is 37.2 Å². The van der Waals surface area contributed by atoms with Crippen LogP contribution in [0.2, 0.25) is 0 Å². The molecule has 2 heterocycles. The molecule has 0 unspecified atom stereocenters. The maximum Gasteiger partial charge on any atom is 0.274 e. The van der Waals surface area contributed by atoms with E-state index in [0.29, 0.717) is 17.3 Å². The van der Waals surface area contributed by atoms with Gasteiger partial charge >= 0.3 is 0 Å². The van der Waals surface area contributed by atoms with Crippen molar-refractivity contribution in [1.29, 1.82) is 0 Å². The number of anilines is 3. The molecule has 1 aromatic heterocycles. The molecule has 1 fully saturated rings. The Morgan fingerprint density at radius 1 is 0.931 bits per heavy atom. The van der Waals surface area contributed by atoms with Crippen molar-refractivity contribution in [2.24, 2.45) is 0 Å². The summed E-state index contributed by atoms with van der Waals surface area (Å²) in [5.41, 5.74) is 2.74. The number of carbonyl (C=O) groups excluding carboxylic acids is 1. The van der Waals surface area contributed by atoms with Gasteiger partial charge in [-0.1, -0.05) is 18.2 Å². The number of halogens is 1. The predicted octanol–water partition coefficient (Wildman–Crippen LogP) is 3.50. The maximum atomic E-state index is 13.1. The normalized spacial score (nSPS) is 14.0. The second-order valence-corrected chi connectivity index (χ2v) is 6.97. The van der Waals surface area contributed by atoms with Crippen molar-refractivity contribution in [3.63, 3.8) is 0 Å². The lowest BCUT2D eigenvalue weighted by Gasteiger charge is -2.36. The van der Waals surface area contributed by atoms with E-state index in [1.807, 2.05) is 25.1 Å². The minimum atomic E-state index is -0.349. The Morgan fingerprint density at radius 3 is 2.28 bits per heavy atom. The zero-order valence-corrected chi connectivity index (χ0v) is 16.2. The highest BCUT2D eigenvalue weighted by Crippen LogP contribution is 2.19. The van der Waals surface area contributed by atoms with E-state index >= 15 is 0 Å². The number of rotatable bonds is 4. The number of para-hydroxylation sites is 1. The van der Waals surface area contributed by atoms with Crippen molar-refractivity contribution >= 4 is 23.2 Å². The van der Waals surface area contributed by atoms with Crippen LogP contribution in [0, 0.1) is 12.7 Å². The predicted molar refractivity (Wildman–Crippen MR) is 112 cm³/mol. The van der Waals surface area contributed by atoms with Crippen LogP contribution >= 0.6 is 0 Å². The van der Waals surface area contributed by atoms with Crippen molar-refractivity contribution in [2.75, 3.05) is 41.3 Å². The van der Waals surface area contributed by atoms with E-state index < -0.39 is 0 Å². The van der Waals surface area contributed by atoms with Gasteiger partial charge in [-0.2, -0.15) is 0 Å². The zero-order valence-electron chi connectivity index (χ0n) is 16.2. The van der Waals surface area contributed by atoms with E-state index in [9.17, 15) is 9.18 Å². The maximum absolute atomic E-state index is 13.1. The molecule has 7 heteroatoms. The molecule has 3 aromatic rings. The summed E-state index contributed by atoms with van der Waals surface area (Å²) in [6.45, 7) is 5.12. The number of aryl methyl sites for hydroxylation is 1. The number of carbonyl (C=O) groups is 1. The summed E-state index contributed by atoms with van der Waals surface area (Å²) in [5, 5.41) is 2.75. The van der Waals surface area contributed by atoms with Crippen LogP contribution in [0.25, 0.3) is 0 Å². The Labute approximate surface area is 169 Å². The summed E-state index contributed by atoms with van der Waals surface area (Å²) in [5.74, 6) is -0.133. The minimum absolute atomic E-state index is 0.294. The average Bonchev–Trinajstić information content (AvgIpc) is 2.75. The van der Waals surface area contributed by atoms with Crippen LogP contribution in [-0.4, -0.2) is 42.1 Å². The van der Waals surface area contributed by atoms with Gasteiger partial charge in [0.2, 0.25) is 5.95 Å². The lowest BCUT2D eigenvalue weighted by atomic mass is 10.2. The van der Waals surface area contributed by atoms with E-state index in [0.717, 1.165) is 31.9 Å². The highest BCUT2D eigenvalue weighted by atomic mass is 19.1. The van der Waals surface area contributed by atoms with Gasteiger partial charge in [-0.15, -0.1) is 0 Å². The summed E-state index contributed by atoms with van der Waals surface area (Å²) in [6, 6.07) is 17.6. The molecule has 2 aromatic carbocycles. The van der Waals surface area contributed by atoms with Gasteiger partial charge in [0.15, 0.2) is 0 Å². The summed E-state index contributed by atoms with van der Waals surface area (Å²) in [7, 11) is 0. The van der Waals surface area contributed by atoms with Gasteiger partial charge in [-0.3, -0.25) is 4.79 Å². The average molecular weight is 391 g/mol. The molecular weight excluding hydrogens is 369 g/mol. The van der Waals surface area contributed by atoms with Crippen LogP contribution in [0.4, 0.5) is 21.7 Å². The molecule has 0 radical (unpaired) electrons. The van der Waals surface area contributed by atoms with Crippen LogP contribution in [0.5, 0.6) is 0 Å². The van der Waals surface area contributed by atoms with Crippen molar-refractivity contribution in [1.82, 2.24) is 9.97 Å². The quantitative estimate of drug-likeness (QED) is 0.738. The Morgan fingerprint density at radius 2 is 1.59 bits per heavy atom. The molecule has 1 amide bonds. The zero-order chi connectivity index (χ0) is 20.2. The van der Waals surface area contributed by atoms with Gasteiger partial charge in [0.25, 0.3) is 5.91 Å². The summed E-state index contributed by atoms with van der Waals surface area (Å²) in [4.78, 5) is 26.0. The van der Waals surface area contributed by atoms with Crippen molar-refractivity contribution in [3.8, 4) is 0 Å². The van der Waals surface area contributed by atoms with E-state index in [-0.39, 0.29) is 11.7 Å². The minimum Gasteiger partial charge on any atom is -0.368 e. The van der Waals surface area contributed by atoms with Gasteiger partial charge in [0.05, 0.1) is 0 Å². The van der Waals surface area contributed by atoms with Crippen LogP contribution in [0.1, 0.15) is 16.2 Å². The Kier molecular flexibility index (Phi) is 5.37. The topological polar surface area (TPSA) is 61.4 Å². The number of nitrogens with one attached hydrogen (secondary N) is 1. The number of nitrogens with zero attached hydrogens (tertiary/aromatic N) is 4. The standard InChI is InChI=1S/C22H22FN5O/c1-16-15-20(21(29)25-18-9-7-17(23)8-10-18)26-22(24-16)28-13-11-27(12-14-28)19-5-3-2-4-6-19/h2-10,15H,11-14H2,1H3,(H,25,29). The number of hydrogen-bond acceptors (Lipinski definition) is 5. The fraction of sp³-hybridized carbons (Fsp3) is 0.227. The molecule has 0 aliphatic carbocycles. The van der Waals surface area contributed by atoms with Gasteiger partial charge < -0.3 is 15.1 Å². The lowest BCUT2D eigenvalue weighted by Crippen LogP contribution is -2.47. The number of amides is 1. The van der Waals surface area contributed by atoms with Gasteiger partial charge in [-0.05, 0) is 49.4 Å². The molecule has 1 N–H and O–H groups in total. The summed E-state index contributed by atoms with van der Waals surface area (Å²) < 4.78 is 13.1. The van der Waals surface area contributed by atoms with Crippen molar-refractivity contribution < 1.29 is 9.18 Å². The molecule has 29 heavy (non-hydrogen) atoms. The Hall–Kier alpha value is -3.48. The van der Waals surface area contributed by atoms with Crippen LogP contribution in [0.3, 0.4) is 0 Å². The smallest absolute Gasteiger partial charge is 0.274 e. The molecule has 0 spiro atoms. The number of benzene rings is 2. The summed E-state index contributed by atoms with van der Waals surface area (Å²) >= 11 is 0. The highest BCUT2D eigenvalue weighted by molar-refractivity contribution is 6.03. The first-order chi connectivity index (χ1) is 14.1. The molecule has 148 valence electrons. The molecule has 0 bridgehead atoms. The fourth-order valence-electron chi connectivity index (χ4n) is 3.34.